The van der Waals surface area contributed by atoms with Crippen molar-refractivity contribution in [1.29, 1.82) is 0 Å². The van der Waals surface area contributed by atoms with Gasteiger partial charge in [0.25, 0.3) is 5.56 Å². The van der Waals surface area contributed by atoms with Crippen LogP contribution in [0.15, 0.2) is 59.0 Å². The van der Waals surface area contributed by atoms with Crippen LogP contribution in [0.2, 0.25) is 0 Å². The van der Waals surface area contributed by atoms with E-state index in [2.05, 4.69) is 16.4 Å². The monoisotopic (exact) mass is 447 g/mol. The summed E-state index contributed by atoms with van der Waals surface area (Å²) >= 11 is 1.43. The molecule has 1 N–H and O–H groups in total. The maximum absolute atomic E-state index is 13.2. The van der Waals surface area contributed by atoms with Crippen LogP contribution in [0.4, 0.5) is 5.69 Å². The van der Waals surface area contributed by atoms with Gasteiger partial charge in [0.05, 0.1) is 17.8 Å². The summed E-state index contributed by atoms with van der Waals surface area (Å²) in [4.78, 5) is 30.9. The first-order chi connectivity index (χ1) is 15.3. The second-order valence-electron chi connectivity index (χ2n) is 8.06. The zero-order valence-electron chi connectivity index (χ0n) is 18.5. The highest BCUT2D eigenvalue weighted by Gasteiger charge is 2.16. The lowest BCUT2D eigenvalue weighted by molar-refractivity contribution is -0.116. The number of benzene rings is 2. The van der Waals surface area contributed by atoms with E-state index in [0.717, 1.165) is 22.4 Å². The summed E-state index contributed by atoms with van der Waals surface area (Å²) < 4.78 is 6.97. The Hall–Kier alpha value is -3.45. The minimum atomic E-state index is -0.297. The number of aromatic nitrogens is 2. The maximum Gasteiger partial charge on any atom is 0.263 e. The Morgan fingerprint density at radius 1 is 1.12 bits per heavy atom. The van der Waals surface area contributed by atoms with Gasteiger partial charge in [-0.3, -0.25) is 14.2 Å². The third kappa shape index (κ3) is 4.57. The molecule has 7 heteroatoms. The van der Waals surface area contributed by atoms with Gasteiger partial charge < -0.3 is 10.1 Å². The maximum atomic E-state index is 13.2. The summed E-state index contributed by atoms with van der Waals surface area (Å²) in [6.45, 7) is 7.87. The average Bonchev–Trinajstić information content (AvgIpc) is 3.16. The van der Waals surface area contributed by atoms with E-state index in [-0.39, 0.29) is 24.1 Å². The lowest BCUT2D eigenvalue weighted by Gasteiger charge is -2.11. The molecule has 32 heavy (non-hydrogen) atoms. The van der Waals surface area contributed by atoms with Crippen molar-refractivity contribution in [2.24, 2.45) is 0 Å². The third-order valence-electron chi connectivity index (χ3n) is 5.06. The van der Waals surface area contributed by atoms with Crippen LogP contribution in [-0.2, 0) is 11.3 Å². The van der Waals surface area contributed by atoms with E-state index < -0.39 is 0 Å². The Labute approximate surface area is 190 Å². The smallest absolute Gasteiger partial charge is 0.263 e. The number of amides is 1. The summed E-state index contributed by atoms with van der Waals surface area (Å²) in [5.74, 6) is 0.439. The van der Waals surface area contributed by atoms with Crippen LogP contribution in [0.3, 0.4) is 0 Å². The van der Waals surface area contributed by atoms with Gasteiger partial charge >= 0.3 is 0 Å². The highest BCUT2D eigenvalue weighted by Crippen LogP contribution is 2.33. The van der Waals surface area contributed by atoms with E-state index >= 15 is 0 Å². The van der Waals surface area contributed by atoms with Gasteiger partial charge in [0, 0.05) is 16.6 Å². The van der Waals surface area contributed by atoms with E-state index in [1.807, 2.05) is 45.2 Å². The average molecular weight is 448 g/mol. The Morgan fingerprint density at radius 2 is 1.88 bits per heavy atom. The predicted molar refractivity (Wildman–Crippen MR) is 130 cm³/mol. The number of hydrogen-bond acceptors (Lipinski definition) is 5. The number of ether oxygens (including phenoxy) is 1. The van der Waals surface area contributed by atoms with E-state index in [9.17, 15) is 9.59 Å². The van der Waals surface area contributed by atoms with Crippen LogP contribution >= 0.6 is 11.3 Å². The van der Waals surface area contributed by atoms with Gasteiger partial charge in [-0.2, -0.15) is 0 Å². The molecule has 0 spiro atoms. The number of nitrogens with zero attached hydrogens (tertiary/aromatic N) is 2. The first-order valence-corrected chi connectivity index (χ1v) is 11.3. The van der Waals surface area contributed by atoms with Gasteiger partial charge in [0.1, 0.15) is 17.1 Å². The molecule has 0 aliphatic rings. The van der Waals surface area contributed by atoms with Crippen LogP contribution < -0.4 is 15.6 Å². The molecule has 2 aromatic heterocycles. The van der Waals surface area contributed by atoms with Crippen molar-refractivity contribution in [3.63, 3.8) is 0 Å². The number of aryl methyl sites for hydroxylation is 2. The molecule has 0 atom stereocenters. The van der Waals surface area contributed by atoms with E-state index in [1.165, 1.54) is 27.8 Å². The Bertz CT molecular complexity index is 1340. The highest BCUT2D eigenvalue weighted by atomic mass is 32.1. The van der Waals surface area contributed by atoms with Gasteiger partial charge in [-0.15, -0.1) is 11.3 Å². The minimum absolute atomic E-state index is 0.0791. The van der Waals surface area contributed by atoms with Crippen LogP contribution in [-0.4, -0.2) is 21.6 Å². The summed E-state index contributed by atoms with van der Waals surface area (Å²) in [7, 11) is 0. The second kappa shape index (κ2) is 8.96. The van der Waals surface area contributed by atoms with Crippen LogP contribution in [0.25, 0.3) is 21.3 Å². The zero-order chi connectivity index (χ0) is 22.8. The van der Waals surface area contributed by atoms with Crippen molar-refractivity contribution in [3.8, 4) is 16.9 Å². The SMILES string of the molecule is Cc1ccc(-c2csc3ncn(CC(=O)Nc4ccc(OC(C)C)cc4)c(=O)c23)c(C)c1. The molecule has 0 unspecified atom stereocenters. The largest absolute Gasteiger partial charge is 0.491 e. The second-order valence-corrected chi connectivity index (χ2v) is 8.92. The first-order valence-electron chi connectivity index (χ1n) is 10.4. The quantitative estimate of drug-likeness (QED) is 0.443. The number of carbonyl (C=O) groups is 1. The molecule has 4 aromatic rings. The van der Waals surface area contributed by atoms with Crippen molar-refractivity contribution in [2.75, 3.05) is 5.32 Å². The molecule has 0 aliphatic carbocycles. The molecule has 2 heterocycles. The predicted octanol–water partition coefficient (Wildman–Crippen LogP) is 5.17. The first kappa shape index (κ1) is 21.8. The molecule has 4 rings (SSSR count). The molecule has 6 nitrogen and oxygen atoms in total. The molecular weight excluding hydrogens is 422 g/mol. The number of carbonyl (C=O) groups excluding carboxylic acids is 1. The highest BCUT2D eigenvalue weighted by molar-refractivity contribution is 7.17. The molecular formula is C25H25N3O3S. The Balaban J connectivity index is 1.58. The van der Waals surface area contributed by atoms with Gasteiger partial charge in [-0.25, -0.2) is 4.98 Å². The number of anilines is 1. The van der Waals surface area contributed by atoms with Crippen LogP contribution in [0, 0.1) is 13.8 Å². The lowest BCUT2D eigenvalue weighted by Crippen LogP contribution is -2.27. The number of nitrogens with one attached hydrogen (secondary N) is 1. The van der Waals surface area contributed by atoms with E-state index in [1.54, 1.807) is 24.3 Å². The molecule has 0 saturated heterocycles. The summed E-state index contributed by atoms with van der Waals surface area (Å²) in [6, 6.07) is 13.3. The van der Waals surface area contributed by atoms with E-state index in [0.29, 0.717) is 15.9 Å². The summed E-state index contributed by atoms with van der Waals surface area (Å²) in [5.41, 5.74) is 4.55. The molecule has 2 aromatic carbocycles. The third-order valence-corrected chi connectivity index (χ3v) is 5.94. The fourth-order valence-corrected chi connectivity index (χ4v) is 4.54. The molecule has 0 saturated carbocycles. The van der Waals surface area contributed by atoms with Crippen molar-refractivity contribution in [1.82, 2.24) is 9.55 Å². The van der Waals surface area contributed by atoms with Gasteiger partial charge in [0.2, 0.25) is 5.91 Å². The van der Waals surface area contributed by atoms with Crippen molar-refractivity contribution >= 4 is 33.1 Å². The molecule has 164 valence electrons. The lowest BCUT2D eigenvalue weighted by atomic mass is 9.99. The zero-order valence-corrected chi connectivity index (χ0v) is 19.3. The van der Waals surface area contributed by atoms with E-state index in [4.69, 9.17) is 4.74 Å². The van der Waals surface area contributed by atoms with Gasteiger partial charge in [0.15, 0.2) is 0 Å². The number of hydrogen-bond donors (Lipinski definition) is 1. The normalized spacial score (nSPS) is 11.2. The van der Waals surface area contributed by atoms with Crippen LogP contribution in [0.5, 0.6) is 5.75 Å². The fraction of sp³-hybridized carbons (Fsp3) is 0.240. The Kier molecular flexibility index (Phi) is 6.10. The van der Waals surface area contributed by atoms with Gasteiger partial charge in [-0.05, 0) is 63.1 Å². The molecule has 0 bridgehead atoms. The molecule has 0 radical (unpaired) electrons. The topological polar surface area (TPSA) is 73.2 Å². The van der Waals surface area contributed by atoms with Crippen LogP contribution in [0.1, 0.15) is 25.0 Å². The summed E-state index contributed by atoms with van der Waals surface area (Å²) in [5, 5.41) is 5.33. The molecule has 1 amide bonds. The van der Waals surface area contributed by atoms with Crippen molar-refractivity contribution in [3.05, 3.63) is 75.7 Å². The summed E-state index contributed by atoms with van der Waals surface area (Å²) in [6.07, 6.45) is 1.52. The standard InChI is InChI=1S/C25H25N3O3S/c1-15(2)31-19-8-6-18(7-9-19)27-22(29)12-28-14-26-24-23(25(28)30)21(13-32-24)20-10-5-16(3)11-17(20)4/h5-11,13-15H,12H2,1-4H3,(H,27,29). The van der Waals surface area contributed by atoms with Crippen molar-refractivity contribution in [2.45, 2.75) is 40.3 Å². The number of thiophene rings is 1. The fourth-order valence-electron chi connectivity index (χ4n) is 3.64. The van der Waals surface area contributed by atoms with Gasteiger partial charge in [-0.1, -0.05) is 23.8 Å². The van der Waals surface area contributed by atoms with Crippen molar-refractivity contribution < 1.29 is 9.53 Å². The Morgan fingerprint density at radius 3 is 2.56 bits per heavy atom. The molecule has 0 aliphatic heterocycles. The minimum Gasteiger partial charge on any atom is -0.491 e. The molecule has 0 fully saturated rings. The number of fused-ring (bicyclic) bond motifs is 1. The number of rotatable bonds is 6.